The Morgan fingerprint density at radius 1 is 1.36 bits per heavy atom. The van der Waals surface area contributed by atoms with E-state index in [1.807, 2.05) is 30.3 Å². The molecule has 0 aromatic heterocycles. The third-order valence-corrected chi connectivity index (χ3v) is 2.81. The van der Waals surface area contributed by atoms with Crippen LogP contribution in [0.3, 0.4) is 0 Å². The molecule has 5 nitrogen and oxygen atoms in total. The van der Waals surface area contributed by atoms with Gasteiger partial charge in [0.1, 0.15) is 5.60 Å². The average molecular weight is 307 g/mol. The number of rotatable bonds is 7. The highest BCUT2D eigenvalue weighted by Crippen LogP contribution is 2.10. The Bertz CT molecular complexity index is 467. The van der Waals surface area contributed by atoms with Gasteiger partial charge in [-0.15, -0.1) is 6.58 Å². The zero-order chi connectivity index (χ0) is 16.6. The van der Waals surface area contributed by atoms with Crippen molar-refractivity contribution in [2.45, 2.75) is 45.1 Å². The molecule has 22 heavy (non-hydrogen) atoms. The van der Waals surface area contributed by atoms with E-state index < -0.39 is 23.8 Å². The largest absolute Gasteiger partial charge is 0.444 e. The minimum Gasteiger partial charge on any atom is -0.444 e. The molecule has 122 valence electrons. The van der Waals surface area contributed by atoms with Crippen LogP contribution in [-0.4, -0.2) is 35.6 Å². The van der Waals surface area contributed by atoms with Gasteiger partial charge in [0.15, 0.2) is 0 Å². The third-order valence-electron chi connectivity index (χ3n) is 2.81. The molecule has 0 heterocycles. The second-order valence-electron chi connectivity index (χ2n) is 5.93. The number of aliphatic hydroxyl groups is 1. The van der Waals surface area contributed by atoms with Crippen LogP contribution < -0.4 is 5.32 Å². The maximum Gasteiger partial charge on any atom is 0.408 e. The van der Waals surface area contributed by atoms with Crippen molar-refractivity contribution < 1.29 is 19.4 Å². The van der Waals surface area contributed by atoms with Gasteiger partial charge in [-0.2, -0.15) is 0 Å². The van der Waals surface area contributed by atoms with Crippen LogP contribution in [-0.2, 0) is 16.1 Å². The van der Waals surface area contributed by atoms with Gasteiger partial charge < -0.3 is 19.9 Å². The molecule has 0 fully saturated rings. The second-order valence-corrected chi connectivity index (χ2v) is 5.93. The first-order valence-corrected chi connectivity index (χ1v) is 7.24. The van der Waals surface area contributed by atoms with Crippen LogP contribution in [0.5, 0.6) is 0 Å². The predicted molar refractivity (Wildman–Crippen MR) is 85.5 cm³/mol. The summed E-state index contributed by atoms with van der Waals surface area (Å²) in [6.45, 7) is 9.11. The number of carbonyl (C=O) groups excluding carboxylic acids is 1. The molecule has 0 bridgehead atoms. The van der Waals surface area contributed by atoms with Crippen LogP contribution >= 0.6 is 0 Å². The molecule has 2 atom stereocenters. The van der Waals surface area contributed by atoms with Crippen molar-refractivity contribution in [2.24, 2.45) is 0 Å². The number of alkyl carbamates (subject to hydrolysis) is 1. The summed E-state index contributed by atoms with van der Waals surface area (Å²) >= 11 is 0. The monoisotopic (exact) mass is 307 g/mol. The zero-order valence-electron chi connectivity index (χ0n) is 13.4. The van der Waals surface area contributed by atoms with E-state index in [0.717, 1.165) is 5.56 Å². The lowest BCUT2D eigenvalue weighted by atomic mass is 10.1. The van der Waals surface area contributed by atoms with Gasteiger partial charge in [0, 0.05) is 0 Å². The van der Waals surface area contributed by atoms with E-state index in [-0.39, 0.29) is 6.61 Å². The molecule has 0 aliphatic carbocycles. The highest BCUT2D eigenvalue weighted by molar-refractivity contribution is 5.68. The SMILES string of the molecule is C=CC(OCc1ccccc1)[C@H](CO)NC(=O)OC(C)(C)C. The normalized spacial score (nSPS) is 14.0. The summed E-state index contributed by atoms with van der Waals surface area (Å²) in [7, 11) is 0. The van der Waals surface area contributed by atoms with Crippen LogP contribution in [0.2, 0.25) is 0 Å². The fourth-order valence-electron chi connectivity index (χ4n) is 1.81. The van der Waals surface area contributed by atoms with Crippen LogP contribution in [0, 0.1) is 0 Å². The fraction of sp³-hybridized carbons (Fsp3) is 0.471. The molecule has 5 heteroatoms. The molecule has 1 aromatic carbocycles. The lowest BCUT2D eigenvalue weighted by Gasteiger charge is -2.26. The molecule has 0 aliphatic rings. The van der Waals surface area contributed by atoms with E-state index in [1.54, 1.807) is 26.8 Å². The molecular formula is C17H25NO4. The molecule has 0 spiro atoms. The van der Waals surface area contributed by atoms with Crippen molar-refractivity contribution in [3.8, 4) is 0 Å². The van der Waals surface area contributed by atoms with Crippen LogP contribution in [0.15, 0.2) is 43.0 Å². The van der Waals surface area contributed by atoms with E-state index in [9.17, 15) is 9.90 Å². The van der Waals surface area contributed by atoms with Gasteiger partial charge in [0.25, 0.3) is 0 Å². The standard InChI is InChI=1S/C17H25NO4/c1-5-15(21-12-13-9-7-6-8-10-13)14(11-19)18-16(20)22-17(2,3)4/h5-10,14-15,19H,1,11-12H2,2-4H3,(H,18,20)/t14-,15?/m0/s1. The quantitative estimate of drug-likeness (QED) is 0.760. The molecule has 1 aromatic rings. The molecule has 0 aliphatic heterocycles. The Labute approximate surface area is 131 Å². The fourth-order valence-corrected chi connectivity index (χ4v) is 1.81. The topological polar surface area (TPSA) is 67.8 Å². The van der Waals surface area contributed by atoms with Crippen molar-refractivity contribution >= 4 is 6.09 Å². The van der Waals surface area contributed by atoms with Crippen molar-refractivity contribution in [2.75, 3.05) is 6.61 Å². The predicted octanol–water partition coefficient (Wildman–Crippen LogP) is 2.64. The Morgan fingerprint density at radius 2 is 2.00 bits per heavy atom. The summed E-state index contributed by atoms with van der Waals surface area (Å²) in [6.07, 6.45) is 0.445. The summed E-state index contributed by atoms with van der Waals surface area (Å²) in [5, 5.41) is 12.1. The van der Waals surface area contributed by atoms with E-state index >= 15 is 0 Å². The molecular weight excluding hydrogens is 282 g/mol. The number of amides is 1. The summed E-state index contributed by atoms with van der Waals surface area (Å²) in [4.78, 5) is 11.8. The van der Waals surface area contributed by atoms with Gasteiger partial charge in [-0.05, 0) is 26.3 Å². The molecule has 0 radical (unpaired) electrons. The number of ether oxygens (including phenoxy) is 2. The number of carbonyl (C=O) groups is 1. The molecule has 1 rings (SSSR count). The van der Waals surface area contributed by atoms with Gasteiger partial charge in [0.2, 0.25) is 0 Å². The summed E-state index contributed by atoms with van der Waals surface area (Å²) < 4.78 is 10.9. The maximum absolute atomic E-state index is 11.8. The summed E-state index contributed by atoms with van der Waals surface area (Å²) in [5.41, 5.74) is 0.405. The van der Waals surface area contributed by atoms with Crippen LogP contribution in [0.25, 0.3) is 0 Å². The first-order valence-electron chi connectivity index (χ1n) is 7.24. The first kappa shape index (κ1) is 18.2. The highest BCUT2D eigenvalue weighted by atomic mass is 16.6. The van der Waals surface area contributed by atoms with Gasteiger partial charge >= 0.3 is 6.09 Å². The summed E-state index contributed by atoms with van der Waals surface area (Å²) in [5.74, 6) is 0. The Kier molecular flexibility index (Phi) is 7.08. The number of benzene rings is 1. The minimum atomic E-state index is -0.615. The number of hydrogen-bond donors (Lipinski definition) is 2. The van der Waals surface area contributed by atoms with Crippen molar-refractivity contribution in [3.63, 3.8) is 0 Å². The average Bonchev–Trinajstić information content (AvgIpc) is 2.45. The Hall–Kier alpha value is -1.85. The minimum absolute atomic E-state index is 0.273. The van der Waals surface area contributed by atoms with E-state index in [2.05, 4.69) is 11.9 Å². The molecule has 0 saturated heterocycles. The Balaban J connectivity index is 2.57. The molecule has 1 unspecified atom stereocenters. The smallest absolute Gasteiger partial charge is 0.408 e. The summed E-state index contributed by atoms with van der Waals surface area (Å²) in [6, 6.07) is 9.03. The molecule has 1 amide bonds. The van der Waals surface area contributed by atoms with Crippen LogP contribution in [0.4, 0.5) is 4.79 Å². The third kappa shape index (κ3) is 6.74. The molecule has 2 N–H and O–H groups in total. The number of nitrogens with one attached hydrogen (secondary N) is 1. The Morgan fingerprint density at radius 3 is 2.50 bits per heavy atom. The second kappa shape index (κ2) is 8.56. The number of hydrogen-bond acceptors (Lipinski definition) is 4. The number of aliphatic hydroxyl groups excluding tert-OH is 1. The van der Waals surface area contributed by atoms with Gasteiger partial charge in [-0.25, -0.2) is 4.79 Å². The lowest BCUT2D eigenvalue weighted by Crippen LogP contribution is -2.47. The van der Waals surface area contributed by atoms with Gasteiger partial charge in [-0.1, -0.05) is 36.4 Å². The lowest BCUT2D eigenvalue weighted by molar-refractivity contribution is 0.0150. The van der Waals surface area contributed by atoms with Crippen molar-refractivity contribution in [3.05, 3.63) is 48.6 Å². The van der Waals surface area contributed by atoms with E-state index in [1.165, 1.54) is 0 Å². The van der Waals surface area contributed by atoms with Crippen LogP contribution in [0.1, 0.15) is 26.3 Å². The van der Waals surface area contributed by atoms with Crippen molar-refractivity contribution in [1.29, 1.82) is 0 Å². The van der Waals surface area contributed by atoms with E-state index in [4.69, 9.17) is 9.47 Å². The van der Waals surface area contributed by atoms with Gasteiger partial charge in [0.05, 0.1) is 25.4 Å². The molecule has 0 saturated carbocycles. The maximum atomic E-state index is 11.8. The first-order chi connectivity index (χ1) is 10.4. The van der Waals surface area contributed by atoms with E-state index in [0.29, 0.717) is 6.61 Å². The van der Waals surface area contributed by atoms with Crippen molar-refractivity contribution in [1.82, 2.24) is 5.32 Å². The zero-order valence-corrected chi connectivity index (χ0v) is 13.4. The van der Waals surface area contributed by atoms with Gasteiger partial charge in [-0.3, -0.25) is 0 Å². The highest BCUT2D eigenvalue weighted by Gasteiger charge is 2.24.